The molecule has 0 aliphatic carbocycles. The number of nitrogens with one attached hydrogen (secondary N) is 1. The number of anilines is 1. The Morgan fingerprint density at radius 3 is 2.70 bits per heavy atom. The molecule has 4 rings (SSSR count). The maximum Gasteiger partial charge on any atom is 0.165 e. The van der Waals surface area contributed by atoms with E-state index in [0.29, 0.717) is 12.6 Å². The number of carbonyl (C=O) groups excluding carboxylic acids is 1. The Labute approximate surface area is 119 Å². The van der Waals surface area contributed by atoms with E-state index in [9.17, 15) is 4.79 Å². The summed E-state index contributed by atoms with van der Waals surface area (Å²) in [6, 6.07) is 7.93. The molecule has 1 aromatic carbocycles. The van der Waals surface area contributed by atoms with E-state index in [1.165, 1.54) is 0 Å². The molecule has 1 spiro atoms. The fourth-order valence-corrected chi connectivity index (χ4v) is 3.54. The lowest BCUT2D eigenvalue weighted by Gasteiger charge is -2.42. The molecule has 2 fully saturated rings. The number of hydrogen-bond donors (Lipinski definition) is 1. The molecule has 0 saturated carbocycles. The van der Waals surface area contributed by atoms with E-state index in [0.717, 1.165) is 50.2 Å². The number of ketones is 1. The van der Waals surface area contributed by atoms with Gasteiger partial charge in [-0.2, -0.15) is 0 Å². The molecule has 4 nitrogen and oxygen atoms in total. The zero-order valence-electron chi connectivity index (χ0n) is 11.6. The van der Waals surface area contributed by atoms with E-state index in [2.05, 4.69) is 10.2 Å². The molecule has 0 aromatic heterocycles. The topological polar surface area (TPSA) is 44.9 Å². The first kappa shape index (κ1) is 12.4. The van der Waals surface area contributed by atoms with Gasteiger partial charge in [-0.3, -0.25) is 9.69 Å². The van der Waals surface area contributed by atoms with Gasteiger partial charge in [-0.25, -0.2) is 0 Å². The lowest BCUT2D eigenvalue weighted by atomic mass is 9.83. The predicted octanol–water partition coefficient (Wildman–Crippen LogP) is 2.27. The van der Waals surface area contributed by atoms with Gasteiger partial charge in [0.25, 0.3) is 0 Å². The van der Waals surface area contributed by atoms with Crippen LogP contribution < -0.4 is 5.32 Å². The number of ether oxygens (including phenoxy) is 1. The predicted molar refractivity (Wildman–Crippen MR) is 76.9 cm³/mol. The van der Waals surface area contributed by atoms with Crippen LogP contribution in [0.15, 0.2) is 24.3 Å². The summed E-state index contributed by atoms with van der Waals surface area (Å²) in [7, 11) is 0. The fraction of sp³-hybridized carbons (Fsp3) is 0.562. The molecule has 4 heteroatoms. The summed E-state index contributed by atoms with van der Waals surface area (Å²) in [5, 5.41) is 3.70. The third kappa shape index (κ3) is 2.13. The van der Waals surface area contributed by atoms with Crippen LogP contribution in [0.2, 0.25) is 0 Å². The van der Waals surface area contributed by atoms with Gasteiger partial charge in [0.1, 0.15) is 6.23 Å². The van der Waals surface area contributed by atoms with Gasteiger partial charge < -0.3 is 10.1 Å². The molecule has 1 N–H and O–H groups in total. The second-order valence-electron chi connectivity index (χ2n) is 6.20. The van der Waals surface area contributed by atoms with Gasteiger partial charge in [0, 0.05) is 36.3 Å². The number of hydrogen-bond acceptors (Lipinski definition) is 4. The summed E-state index contributed by atoms with van der Waals surface area (Å²) < 4.78 is 5.37. The maximum absolute atomic E-state index is 12.2. The second-order valence-corrected chi connectivity index (χ2v) is 6.20. The number of benzene rings is 1. The monoisotopic (exact) mass is 272 g/mol. The van der Waals surface area contributed by atoms with Crippen molar-refractivity contribution in [1.29, 1.82) is 0 Å². The summed E-state index contributed by atoms with van der Waals surface area (Å²) >= 11 is 0. The Kier molecular flexibility index (Phi) is 2.82. The lowest BCUT2D eigenvalue weighted by molar-refractivity contribution is 0.0940. The van der Waals surface area contributed by atoms with Crippen molar-refractivity contribution in [3.63, 3.8) is 0 Å². The first-order chi connectivity index (χ1) is 9.76. The van der Waals surface area contributed by atoms with Crippen LogP contribution in [-0.2, 0) is 4.74 Å². The van der Waals surface area contributed by atoms with Crippen molar-refractivity contribution in [1.82, 2.24) is 4.90 Å². The van der Waals surface area contributed by atoms with E-state index in [1.807, 2.05) is 24.3 Å². The summed E-state index contributed by atoms with van der Waals surface area (Å²) in [4.78, 5) is 14.7. The Bertz CT molecular complexity index is 531. The van der Waals surface area contributed by atoms with Crippen LogP contribution in [0, 0.1) is 0 Å². The van der Waals surface area contributed by atoms with Crippen LogP contribution in [0.25, 0.3) is 0 Å². The zero-order chi connectivity index (χ0) is 13.6. The molecule has 3 heterocycles. The normalized spacial score (nSPS) is 28.6. The standard InChI is InChI=1S/C16H20N2O2/c19-14-5-6-16(17-13-4-2-1-3-12(13)14)7-9-18(10-8-16)15-11-20-15/h1-4,15,17H,5-11H2. The number of fused-ring (bicyclic) bond motifs is 1. The largest absolute Gasteiger partial charge is 0.379 e. The molecule has 3 aliphatic rings. The first-order valence-electron chi connectivity index (χ1n) is 7.52. The van der Waals surface area contributed by atoms with E-state index < -0.39 is 0 Å². The van der Waals surface area contributed by atoms with Crippen LogP contribution in [0.1, 0.15) is 36.0 Å². The molecular formula is C16H20N2O2. The molecule has 20 heavy (non-hydrogen) atoms. The maximum atomic E-state index is 12.2. The van der Waals surface area contributed by atoms with Crippen molar-refractivity contribution >= 4 is 11.5 Å². The number of nitrogens with zero attached hydrogens (tertiary/aromatic N) is 1. The number of para-hydroxylation sites is 1. The van der Waals surface area contributed by atoms with Crippen LogP contribution in [0.3, 0.4) is 0 Å². The van der Waals surface area contributed by atoms with E-state index >= 15 is 0 Å². The van der Waals surface area contributed by atoms with Gasteiger partial charge in [-0.15, -0.1) is 0 Å². The number of Topliss-reactive ketones (excluding diaryl/α,β-unsaturated/α-hetero) is 1. The number of carbonyl (C=O) groups is 1. The third-order valence-corrected chi connectivity index (χ3v) is 4.94. The molecule has 2 saturated heterocycles. The molecule has 0 bridgehead atoms. The van der Waals surface area contributed by atoms with E-state index in [4.69, 9.17) is 4.74 Å². The Morgan fingerprint density at radius 1 is 1.20 bits per heavy atom. The molecule has 1 unspecified atom stereocenters. The molecule has 0 amide bonds. The van der Waals surface area contributed by atoms with Crippen LogP contribution in [-0.4, -0.2) is 42.1 Å². The molecule has 1 aromatic rings. The Morgan fingerprint density at radius 2 is 1.95 bits per heavy atom. The highest BCUT2D eigenvalue weighted by molar-refractivity contribution is 6.02. The highest BCUT2D eigenvalue weighted by atomic mass is 16.6. The average Bonchev–Trinajstić information content (AvgIpc) is 3.31. The van der Waals surface area contributed by atoms with Gasteiger partial charge in [0.15, 0.2) is 5.78 Å². The van der Waals surface area contributed by atoms with Gasteiger partial charge >= 0.3 is 0 Å². The molecule has 3 aliphatic heterocycles. The van der Waals surface area contributed by atoms with Crippen molar-refractivity contribution in [2.75, 3.05) is 25.0 Å². The highest BCUT2D eigenvalue weighted by Crippen LogP contribution is 2.37. The Balaban J connectivity index is 1.56. The van der Waals surface area contributed by atoms with Crippen LogP contribution in [0.5, 0.6) is 0 Å². The minimum atomic E-state index is 0.0909. The quantitative estimate of drug-likeness (QED) is 0.797. The minimum Gasteiger partial charge on any atom is -0.379 e. The summed E-state index contributed by atoms with van der Waals surface area (Å²) in [6.07, 6.45) is 4.15. The third-order valence-electron chi connectivity index (χ3n) is 4.94. The SMILES string of the molecule is O=C1CCC2(CCN(C3CO3)CC2)Nc2ccccc21. The summed E-state index contributed by atoms with van der Waals surface area (Å²) in [5.41, 5.74) is 1.97. The number of piperidine rings is 1. The van der Waals surface area contributed by atoms with Crippen LogP contribution in [0.4, 0.5) is 5.69 Å². The van der Waals surface area contributed by atoms with Crippen molar-refractivity contribution in [2.45, 2.75) is 37.5 Å². The molecular weight excluding hydrogens is 252 g/mol. The van der Waals surface area contributed by atoms with Gasteiger partial charge in [-0.05, 0) is 31.4 Å². The van der Waals surface area contributed by atoms with Crippen molar-refractivity contribution < 1.29 is 9.53 Å². The summed E-state index contributed by atoms with van der Waals surface area (Å²) in [5.74, 6) is 0.276. The minimum absolute atomic E-state index is 0.0909. The van der Waals surface area contributed by atoms with E-state index in [1.54, 1.807) is 0 Å². The molecule has 106 valence electrons. The van der Waals surface area contributed by atoms with Gasteiger partial charge in [0.2, 0.25) is 0 Å². The van der Waals surface area contributed by atoms with Gasteiger partial charge in [0.05, 0.1) is 6.61 Å². The molecule has 0 radical (unpaired) electrons. The smallest absolute Gasteiger partial charge is 0.165 e. The zero-order valence-corrected chi connectivity index (χ0v) is 11.6. The second kappa shape index (κ2) is 4.57. The number of likely N-dealkylation sites (tertiary alicyclic amines) is 1. The van der Waals surface area contributed by atoms with Crippen LogP contribution >= 0.6 is 0 Å². The molecule has 1 atom stereocenters. The fourth-order valence-electron chi connectivity index (χ4n) is 3.54. The highest BCUT2D eigenvalue weighted by Gasteiger charge is 2.41. The summed E-state index contributed by atoms with van der Waals surface area (Å²) in [6.45, 7) is 3.02. The van der Waals surface area contributed by atoms with Crippen molar-refractivity contribution in [2.24, 2.45) is 0 Å². The number of rotatable bonds is 1. The first-order valence-corrected chi connectivity index (χ1v) is 7.52. The Hall–Kier alpha value is -1.39. The average molecular weight is 272 g/mol. The number of epoxide rings is 1. The van der Waals surface area contributed by atoms with Crippen molar-refractivity contribution in [3.8, 4) is 0 Å². The lowest BCUT2D eigenvalue weighted by Crippen LogP contribution is -2.49. The van der Waals surface area contributed by atoms with Gasteiger partial charge in [-0.1, -0.05) is 12.1 Å². The van der Waals surface area contributed by atoms with Crippen molar-refractivity contribution in [3.05, 3.63) is 29.8 Å². The van der Waals surface area contributed by atoms with E-state index in [-0.39, 0.29) is 11.3 Å².